The number of nitrogens with zero attached hydrogens (tertiary/aromatic N) is 1. The maximum absolute atomic E-state index is 13.2. The van der Waals surface area contributed by atoms with Crippen molar-refractivity contribution in [1.29, 1.82) is 0 Å². The minimum atomic E-state index is -3.90. The molecular formula is C19H22ClNO3S. The Kier molecular flexibility index (Phi) is 6.25. The molecule has 0 bridgehead atoms. The molecule has 0 saturated heterocycles. The summed E-state index contributed by atoms with van der Waals surface area (Å²) in [4.78, 5) is 11.8. The molecule has 0 aliphatic heterocycles. The lowest BCUT2D eigenvalue weighted by Crippen LogP contribution is -2.36. The fraction of sp³-hybridized carbons (Fsp3) is 0.316. The maximum Gasteiger partial charge on any atom is 0.264 e. The third kappa shape index (κ3) is 4.22. The zero-order chi connectivity index (χ0) is 18.6. The number of carbonyl (C=O) groups is 1. The van der Waals surface area contributed by atoms with Gasteiger partial charge in [0.25, 0.3) is 10.0 Å². The zero-order valence-electron chi connectivity index (χ0n) is 14.6. The fourth-order valence-corrected chi connectivity index (χ4v) is 4.46. The fourth-order valence-electron chi connectivity index (χ4n) is 2.77. The van der Waals surface area contributed by atoms with Crippen LogP contribution in [0.5, 0.6) is 0 Å². The predicted octanol–water partition coefficient (Wildman–Crippen LogP) is 4.08. The van der Waals surface area contributed by atoms with Crippen molar-refractivity contribution < 1.29 is 13.2 Å². The van der Waals surface area contributed by atoms with Gasteiger partial charge in [0.15, 0.2) is 0 Å². The van der Waals surface area contributed by atoms with E-state index in [9.17, 15) is 13.2 Å². The van der Waals surface area contributed by atoms with Crippen LogP contribution in [0.2, 0.25) is 0 Å². The molecule has 0 N–H and O–H groups in total. The molecule has 25 heavy (non-hydrogen) atoms. The van der Waals surface area contributed by atoms with Crippen LogP contribution in [0, 0.1) is 6.92 Å². The van der Waals surface area contributed by atoms with Crippen LogP contribution >= 0.6 is 11.6 Å². The van der Waals surface area contributed by atoms with Crippen molar-refractivity contribution in [2.45, 2.75) is 38.5 Å². The highest BCUT2D eigenvalue weighted by Crippen LogP contribution is 2.32. The molecule has 6 heteroatoms. The van der Waals surface area contributed by atoms with E-state index in [4.69, 9.17) is 11.6 Å². The van der Waals surface area contributed by atoms with E-state index in [1.165, 1.54) is 0 Å². The average molecular weight is 380 g/mol. The molecule has 0 spiro atoms. The Morgan fingerprint density at radius 3 is 1.96 bits per heavy atom. The third-order valence-electron chi connectivity index (χ3n) is 4.09. The molecule has 134 valence electrons. The highest BCUT2D eigenvalue weighted by atomic mass is 35.5. The normalized spacial score (nSPS) is 11.4. The number of rotatable bonds is 7. The summed E-state index contributed by atoms with van der Waals surface area (Å²) in [7, 11) is -3.90. The average Bonchev–Trinajstić information content (AvgIpc) is 2.59. The smallest absolute Gasteiger partial charge is 0.264 e. The van der Waals surface area contributed by atoms with E-state index in [1.54, 1.807) is 24.3 Å². The van der Waals surface area contributed by atoms with Crippen LogP contribution in [0.15, 0.2) is 47.4 Å². The SMILES string of the molecule is CCc1cccc(CC)c1N(CC(=O)Cl)S(=O)(=O)c1ccc(C)cc1. The van der Waals surface area contributed by atoms with Gasteiger partial charge in [0.2, 0.25) is 5.24 Å². The topological polar surface area (TPSA) is 54.5 Å². The Hall–Kier alpha value is -1.85. The number of carbonyl (C=O) groups excluding carboxylic acids is 1. The Bertz CT molecular complexity index is 838. The second-order valence-electron chi connectivity index (χ2n) is 5.81. The van der Waals surface area contributed by atoms with Crippen LogP contribution in [0.1, 0.15) is 30.5 Å². The Morgan fingerprint density at radius 1 is 1.00 bits per heavy atom. The first-order valence-corrected chi connectivity index (χ1v) is 10.0. The van der Waals surface area contributed by atoms with Gasteiger partial charge in [0.1, 0.15) is 6.54 Å². The van der Waals surface area contributed by atoms with Gasteiger partial charge in [-0.1, -0.05) is 49.7 Å². The number of sulfonamides is 1. The minimum absolute atomic E-state index is 0.143. The van der Waals surface area contributed by atoms with Crippen molar-refractivity contribution in [3.05, 3.63) is 59.2 Å². The number of anilines is 1. The summed E-state index contributed by atoms with van der Waals surface area (Å²) in [6.45, 7) is 5.40. The molecule has 2 aromatic rings. The van der Waals surface area contributed by atoms with Gasteiger partial charge in [-0.05, 0) is 54.6 Å². The Morgan fingerprint density at radius 2 is 1.52 bits per heavy atom. The summed E-state index contributed by atoms with van der Waals surface area (Å²) in [5.41, 5.74) is 3.25. The van der Waals surface area contributed by atoms with Gasteiger partial charge in [-0.25, -0.2) is 8.42 Å². The van der Waals surface area contributed by atoms with Gasteiger partial charge in [0.05, 0.1) is 10.6 Å². The van der Waals surface area contributed by atoms with Crippen molar-refractivity contribution in [3.8, 4) is 0 Å². The van der Waals surface area contributed by atoms with Crippen LogP contribution in [-0.2, 0) is 27.7 Å². The quantitative estimate of drug-likeness (QED) is 0.681. The van der Waals surface area contributed by atoms with Crippen LogP contribution in [-0.4, -0.2) is 20.2 Å². The number of benzene rings is 2. The van der Waals surface area contributed by atoms with Gasteiger partial charge in [-0.2, -0.15) is 0 Å². The largest absolute Gasteiger partial charge is 0.279 e. The van der Waals surface area contributed by atoms with E-state index in [0.717, 1.165) is 21.0 Å². The standard InChI is InChI=1S/C19H22ClNO3S/c1-4-15-7-6-8-16(5-2)19(15)21(13-18(20)22)25(23,24)17-11-9-14(3)10-12-17/h6-12H,4-5,13H2,1-3H3. The van der Waals surface area contributed by atoms with Crippen molar-refractivity contribution in [2.24, 2.45) is 0 Å². The minimum Gasteiger partial charge on any atom is -0.279 e. The summed E-state index contributed by atoms with van der Waals surface area (Å²) >= 11 is 5.59. The molecule has 0 unspecified atom stereocenters. The zero-order valence-corrected chi connectivity index (χ0v) is 16.2. The molecule has 4 nitrogen and oxygen atoms in total. The van der Waals surface area contributed by atoms with E-state index in [1.807, 2.05) is 39.0 Å². The van der Waals surface area contributed by atoms with Gasteiger partial charge < -0.3 is 0 Å². The molecule has 2 aromatic carbocycles. The maximum atomic E-state index is 13.2. The van der Waals surface area contributed by atoms with Crippen molar-refractivity contribution >= 4 is 32.6 Å². The first kappa shape index (κ1) is 19.5. The first-order chi connectivity index (χ1) is 11.8. The summed E-state index contributed by atoms with van der Waals surface area (Å²) in [6.07, 6.45) is 1.30. The summed E-state index contributed by atoms with van der Waals surface area (Å²) in [6, 6.07) is 12.2. The van der Waals surface area contributed by atoms with E-state index in [2.05, 4.69) is 0 Å². The van der Waals surface area contributed by atoms with Gasteiger partial charge in [-0.3, -0.25) is 9.10 Å². The molecule has 0 aromatic heterocycles. The molecular weight excluding hydrogens is 358 g/mol. The number of halogens is 1. The molecule has 0 atom stereocenters. The van der Waals surface area contributed by atoms with E-state index < -0.39 is 21.8 Å². The molecule has 0 radical (unpaired) electrons. The van der Waals surface area contributed by atoms with Crippen LogP contribution in [0.4, 0.5) is 5.69 Å². The van der Waals surface area contributed by atoms with E-state index >= 15 is 0 Å². The van der Waals surface area contributed by atoms with Crippen LogP contribution in [0.25, 0.3) is 0 Å². The van der Waals surface area contributed by atoms with Crippen molar-refractivity contribution in [3.63, 3.8) is 0 Å². The molecule has 0 aliphatic carbocycles. The number of aryl methyl sites for hydroxylation is 3. The molecule has 0 amide bonds. The van der Waals surface area contributed by atoms with Crippen molar-refractivity contribution in [2.75, 3.05) is 10.8 Å². The Labute approximate surface area is 154 Å². The summed E-state index contributed by atoms with van der Waals surface area (Å²) in [5, 5.41) is -0.719. The highest BCUT2D eigenvalue weighted by molar-refractivity contribution is 7.92. The van der Waals surface area contributed by atoms with Crippen molar-refractivity contribution in [1.82, 2.24) is 0 Å². The predicted molar refractivity (Wildman–Crippen MR) is 102 cm³/mol. The highest BCUT2D eigenvalue weighted by Gasteiger charge is 2.29. The lowest BCUT2D eigenvalue weighted by molar-refractivity contribution is -0.110. The lowest BCUT2D eigenvalue weighted by atomic mass is 10.0. The van der Waals surface area contributed by atoms with E-state index in [0.29, 0.717) is 18.5 Å². The Balaban J connectivity index is 2.69. The van der Waals surface area contributed by atoms with Gasteiger partial charge >= 0.3 is 0 Å². The lowest BCUT2D eigenvalue weighted by Gasteiger charge is -2.27. The van der Waals surface area contributed by atoms with Gasteiger partial charge in [-0.15, -0.1) is 0 Å². The number of hydrogen-bond acceptors (Lipinski definition) is 3. The molecule has 0 saturated carbocycles. The van der Waals surface area contributed by atoms with E-state index in [-0.39, 0.29) is 4.90 Å². The monoisotopic (exact) mass is 379 g/mol. The molecule has 0 heterocycles. The van der Waals surface area contributed by atoms with Gasteiger partial charge in [0, 0.05) is 0 Å². The summed E-state index contributed by atoms with van der Waals surface area (Å²) < 4.78 is 27.6. The molecule has 0 fully saturated rings. The number of para-hydroxylation sites is 1. The number of hydrogen-bond donors (Lipinski definition) is 0. The van der Waals surface area contributed by atoms with Crippen LogP contribution < -0.4 is 4.31 Å². The van der Waals surface area contributed by atoms with Crippen LogP contribution in [0.3, 0.4) is 0 Å². The third-order valence-corrected chi connectivity index (χ3v) is 5.97. The first-order valence-electron chi connectivity index (χ1n) is 8.19. The second-order valence-corrected chi connectivity index (χ2v) is 8.10. The molecule has 0 aliphatic rings. The molecule has 2 rings (SSSR count). The second kappa shape index (κ2) is 8.02. The summed E-state index contributed by atoms with van der Waals surface area (Å²) in [5.74, 6) is 0.